The minimum Gasteiger partial charge on any atom is -0.368 e. The highest BCUT2D eigenvalue weighted by atomic mass is 16.5. The number of rotatable bonds is 4. The van der Waals surface area contributed by atoms with E-state index in [0.717, 1.165) is 24.8 Å². The van der Waals surface area contributed by atoms with E-state index in [1.165, 1.54) is 6.42 Å². The average molecular weight is 254 g/mol. The van der Waals surface area contributed by atoms with Crippen LogP contribution in [0.5, 0.6) is 0 Å². The third-order valence-corrected chi connectivity index (χ3v) is 5.22. The molecule has 3 atom stereocenters. The third kappa shape index (κ3) is 2.21. The molecule has 1 aliphatic heterocycles. The van der Waals surface area contributed by atoms with Gasteiger partial charge in [-0.1, -0.05) is 6.92 Å². The van der Waals surface area contributed by atoms with E-state index in [0.29, 0.717) is 6.54 Å². The number of likely N-dealkylation sites (N-methyl/N-ethyl adjacent to an activating group) is 1. The molecule has 0 aromatic carbocycles. The number of hydrogen-bond donors (Lipinski definition) is 1. The zero-order valence-corrected chi connectivity index (χ0v) is 12.9. The van der Waals surface area contributed by atoms with Crippen molar-refractivity contribution in [1.29, 1.82) is 0 Å². The lowest BCUT2D eigenvalue weighted by Gasteiger charge is -2.46. The molecule has 0 aromatic heterocycles. The Hall–Kier alpha value is -0.120. The fourth-order valence-corrected chi connectivity index (χ4v) is 3.99. The van der Waals surface area contributed by atoms with E-state index >= 15 is 0 Å². The molecule has 1 heterocycles. The summed E-state index contributed by atoms with van der Waals surface area (Å²) in [6.45, 7) is 12.9. The van der Waals surface area contributed by atoms with Gasteiger partial charge in [-0.15, -0.1) is 0 Å². The largest absolute Gasteiger partial charge is 0.368 e. The molecule has 1 aliphatic carbocycles. The molecular weight excluding hydrogens is 224 g/mol. The second-order valence-electron chi connectivity index (χ2n) is 7.64. The predicted octanol–water partition coefficient (Wildman–Crippen LogP) is 2.25. The summed E-state index contributed by atoms with van der Waals surface area (Å²) in [7, 11) is 2.23. The van der Waals surface area contributed by atoms with Crippen molar-refractivity contribution < 1.29 is 4.74 Å². The lowest BCUT2D eigenvalue weighted by Crippen LogP contribution is -2.62. The average Bonchev–Trinajstić information content (AvgIpc) is 2.82. The lowest BCUT2D eigenvalue weighted by atomic mass is 9.77. The summed E-state index contributed by atoms with van der Waals surface area (Å²) >= 11 is 0. The van der Waals surface area contributed by atoms with Crippen molar-refractivity contribution in [3.8, 4) is 0 Å². The summed E-state index contributed by atoms with van der Waals surface area (Å²) in [4.78, 5) is 2.48. The highest BCUT2D eigenvalue weighted by Gasteiger charge is 2.59. The Kier molecular flexibility index (Phi) is 3.33. The monoisotopic (exact) mass is 254 g/mol. The quantitative estimate of drug-likeness (QED) is 0.836. The van der Waals surface area contributed by atoms with Gasteiger partial charge in [-0.2, -0.15) is 0 Å². The van der Waals surface area contributed by atoms with Gasteiger partial charge in [0.15, 0.2) is 0 Å². The van der Waals surface area contributed by atoms with Gasteiger partial charge in [0.25, 0.3) is 0 Å². The van der Waals surface area contributed by atoms with Crippen LogP contribution in [0, 0.1) is 11.8 Å². The van der Waals surface area contributed by atoms with E-state index < -0.39 is 0 Å². The standard InChI is InChI=1S/C15H30N2O/c1-11-7-12(11)8-17(6)15(10-16)9-13(2,3)18-14(15,4)5/h11-12H,7-10,16H2,1-6H3. The Morgan fingerprint density at radius 2 is 1.83 bits per heavy atom. The van der Waals surface area contributed by atoms with Gasteiger partial charge in [-0.25, -0.2) is 0 Å². The Labute approximate surface area is 112 Å². The second-order valence-corrected chi connectivity index (χ2v) is 7.64. The fraction of sp³-hybridized carbons (Fsp3) is 1.00. The van der Waals surface area contributed by atoms with E-state index in [4.69, 9.17) is 10.5 Å². The molecule has 0 aromatic rings. The van der Waals surface area contributed by atoms with Gasteiger partial charge in [-0.05, 0) is 59.4 Å². The van der Waals surface area contributed by atoms with E-state index in [-0.39, 0.29) is 16.7 Å². The first-order valence-corrected chi connectivity index (χ1v) is 7.25. The van der Waals surface area contributed by atoms with Crippen LogP contribution in [0.4, 0.5) is 0 Å². The van der Waals surface area contributed by atoms with E-state index in [2.05, 4.69) is 46.6 Å². The minimum atomic E-state index is -0.182. The zero-order valence-electron chi connectivity index (χ0n) is 12.9. The molecule has 18 heavy (non-hydrogen) atoms. The van der Waals surface area contributed by atoms with E-state index in [9.17, 15) is 0 Å². The summed E-state index contributed by atoms with van der Waals surface area (Å²) in [6.07, 6.45) is 2.39. The first-order valence-electron chi connectivity index (χ1n) is 7.25. The van der Waals surface area contributed by atoms with Crippen molar-refractivity contribution in [1.82, 2.24) is 4.90 Å². The highest BCUT2D eigenvalue weighted by molar-refractivity contribution is 5.13. The third-order valence-electron chi connectivity index (χ3n) is 5.22. The number of nitrogens with zero attached hydrogens (tertiary/aromatic N) is 1. The van der Waals surface area contributed by atoms with Crippen LogP contribution in [0.2, 0.25) is 0 Å². The van der Waals surface area contributed by atoms with Crippen molar-refractivity contribution in [2.75, 3.05) is 20.1 Å². The van der Waals surface area contributed by atoms with Crippen LogP contribution in [0.15, 0.2) is 0 Å². The molecule has 0 spiro atoms. The van der Waals surface area contributed by atoms with Gasteiger partial charge in [0.2, 0.25) is 0 Å². The first kappa shape index (κ1) is 14.3. The van der Waals surface area contributed by atoms with Crippen LogP contribution in [-0.4, -0.2) is 41.8 Å². The molecule has 0 amide bonds. The molecule has 2 rings (SSSR count). The smallest absolute Gasteiger partial charge is 0.0829 e. The maximum Gasteiger partial charge on any atom is 0.0829 e. The number of ether oxygens (including phenoxy) is 1. The molecule has 3 heteroatoms. The van der Waals surface area contributed by atoms with Crippen LogP contribution in [0.1, 0.15) is 47.5 Å². The van der Waals surface area contributed by atoms with E-state index in [1.807, 2.05) is 0 Å². The molecule has 106 valence electrons. The molecule has 1 saturated heterocycles. The van der Waals surface area contributed by atoms with Gasteiger partial charge in [-0.3, -0.25) is 4.90 Å². The SMILES string of the molecule is CC1CC1CN(C)C1(CN)CC(C)(C)OC1(C)C. The van der Waals surface area contributed by atoms with Crippen LogP contribution >= 0.6 is 0 Å². The van der Waals surface area contributed by atoms with Crippen molar-refractivity contribution in [2.24, 2.45) is 17.6 Å². The van der Waals surface area contributed by atoms with E-state index in [1.54, 1.807) is 0 Å². The molecule has 2 aliphatic rings. The van der Waals surface area contributed by atoms with Gasteiger partial charge in [0.05, 0.1) is 16.7 Å². The number of nitrogens with two attached hydrogens (primary N) is 1. The normalized spacial score (nSPS) is 41.3. The maximum absolute atomic E-state index is 6.27. The van der Waals surface area contributed by atoms with Crippen LogP contribution < -0.4 is 5.73 Å². The Morgan fingerprint density at radius 3 is 2.17 bits per heavy atom. The molecule has 0 radical (unpaired) electrons. The minimum absolute atomic E-state index is 0.0290. The zero-order chi connectivity index (χ0) is 13.8. The van der Waals surface area contributed by atoms with Crippen molar-refractivity contribution >= 4 is 0 Å². The summed E-state index contributed by atoms with van der Waals surface area (Å²) < 4.78 is 6.27. The Bertz CT molecular complexity index is 326. The Morgan fingerprint density at radius 1 is 1.28 bits per heavy atom. The first-order chi connectivity index (χ1) is 8.13. The topological polar surface area (TPSA) is 38.5 Å². The van der Waals surface area contributed by atoms with Crippen LogP contribution in [0.3, 0.4) is 0 Å². The Balaban J connectivity index is 2.18. The fourth-order valence-electron chi connectivity index (χ4n) is 3.99. The van der Waals surface area contributed by atoms with Crippen molar-refractivity contribution in [3.05, 3.63) is 0 Å². The molecule has 0 bridgehead atoms. The maximum atomic E-state index is 6.27. The summed E-state index contributed by atoms with van der Waals surface area (Å²) in [5, 5.41) is 0. The van der Waals surface area contributed by atoms with Crippen LogP contribution in [0.25, 0.3) is 0 Å². The second kappa shape index (κ2) is 4.19. The van der Waals surface area contributed by atoms with Crippen LogP contribution in [-0.2, 0) is 4.74 Å². The summed E-state index contributed by atoms with van der Waals surface area (Å²) in [5.74, 6) is 1.75. The van der Waals surface area contributed by atoms with Crippen molar-refractivity contribution in [2.45, 2.75) is 64.2 Å². The highest BCUT2D eigenvalue weighted by Crippen LogP contribution is 2.49. The van der Waals surface area contributed by atoms with Crippen molar-refractivity contribution in [3.63, 3.8) is 0 Å². The lowest BCUT2D eigenvalue weighted by molar-refractivity contribution is -0.101. The molecule has 3 unspecified atom stereocenters. The number of hydrogen-bond acceptors (Lipinski definition) is 3. The molecule has 1 saturated carbocycles. The molecule has 2 N–H and O–H groups in total. The predicted molar refractivity (Wildman–Crippen MR) is 75.5 cm³/mol. The molecule has 2 fully saturated rings. The summed E-state index contributed by atoms with van der Waals surface area (Å²) in [6, 6.07) is 0. The molecular formula is C15H30N2O. The van der Waals surface area contributed by atoms with Gasteiger partial charge < -0.3 is 10.5 Å². The molecule has 3 nitrogen and oxygen atoms in total. The summed E-state index contributed by atoms with van der Waals surface area (Å²) in [5.41, 5.74) is 5.89. The van der Waals surface area contributed by atoms with Gasteiger partial charge >= 0.3 is 0 Å². The van der Waals surface area contributed by atoms with Gasteiger partial charge in [0, 0.05) is 13.1 Å². The van der Waals surface area contributed by atoms with Gasteiger partial charge in [0.1, 0.15) is 0 Å².